The van der Waals surface area contributed by atoms with Crippen LogP contribution in [-0.2, 0) is 11.3 Å². The third-order valence-corrected chi connectivity index (χ3v) is 4.93. The number of aryl methyl sites for hydroxylation is 1. The summed E-state index contributed by atoms with van der Waals surface area (Å²) in [6, 6.07) is 15.9. The molecule has 0 aliphatic rings. The minimum Gasteiger partial charge on any atom is -0.493 e. The highest BCUT2D eigenvalue weighted by atomic mass is 16.5. The maximum absolute atomic E-state index is 13.0. The fourth-order valence-electron chi connectivity index (χ4n) is 3.33. The number of amides is 1. The summed E-state index contributed by atoms with van der Waals surface area (Å²) in [7, 11) is 3.08. The molecule has 0 spiro atoms. The predicted octanol–water partition coefficient (Wildman–Crippen LogP) is 3.53. The number of hydrogen-bond donors (Lipinski definition) is 1. The van der Waals surface area contributed by atoms with E-state index in [-0.39, 0.29) is 29.7 Å². The molecule has 0 saturated heterocycles. The highest BCUT2D eigenvalue weighted by Gasteiger charge is 2.17. The number of hydrogen-bond acceptors (Lipinski definition) is 7. The van der Waals surface area contributed by atoms with Gasteiger partial charge in [0, 0.05) is 17.4 Å². The summed E-state index contributed by atoms with van der Waals surface area (Å²) in [6.45, 7) is 1.78. The summed E-state index contributed by atoms with van der Waals surface area (Å²) in [5.74, 6) is 1.11. The summed E-state index contributed by atoms with van der Waals surface area (Å²) >= 11 is 0. The van der Waals surface area contributed by atoms with E-state index in [1.165, 1.54) is 17.9 Å². The lowest BCUT2D eigenvalue weighted by atomic mass is 10.2. The first kappa shape index (κ1) is 21.8. The van der Waals surface area contributed by atoms with Crippen molar-refractivity contribution in [3.8, 4) is 34.3 Å². The third kappa shape index (κ3) is 4.77. The third-order valence-electron chi connectivity index (χ3n) is 4.93. The molecule has 2 heterocycles. The number of pyridine rings is 1. The van der Waals surface area contributed by atoms with Crippen molar-refractivity contribution in [2.24, 2.45) is 0 Å². The average molecular weight is 446 g/mol. The number of nitrogens with one attached hydrogen (secondary N) is 1. The SMILES string of the molecule is COc1ccc(-c2noc(-c3cccn(CC(=O)Nc4cccc(C)c4)c3=O)n2)cc1OC. The van der Waals surface area contributed by atoms with Crippen LogP contribution in [0.1, 0.15) is 5.56 Å². The monoisotopic (exact) mass is 446 g/mol. The molecule has 9 heteroatoms. The Kier molecular flexibility index (Phi) is 6.21. The molecular formula is C24H22N4O5. The van der Waals surface area contributed by atoms with Crippen molar-refractivity contribution in [1.29, 1.82) is 0 Å². The number of aromatic nitrogens is 3. The van der Waals surface area contributed by atoms with Gasteiger partial charge in [0.2, 0.25) is 11.7 Å². The van der Waals surface area contributed by atoms with E-state index in [1.54, 1.807) is 43.5 Å². The molecule has 2 aromatic heterocycles. The van der Waals surface area contributed by atoms with Crippen LogP contribution < -0.4 is 20.3 Å². The van der Waals surface area contributed by atoms with E-state index >= 15 is 0 Å². The molecule has 0 atom stereocenters. The average Bonchev–Trinajstić information content (AvgIpc) is 3.30. The zero-order valence-electron chi connectivity index (χ0n) is 18.4. The van der Waals surface area contributed by atoms with Crippen LogP contribution in [0.3, 0.4) is 0 Å². The first-order valence-electron chi connectivity index (χ1n) is 10.1. The number of carbonyl (C=O) groups is 1. The van der Waals surface area contributed by atoms with Crippen LogP contribution in [0.25, 0.3) is 22.8 Å². The van der Waals surface area contributed by atoms with E-state index < -0.39 is 5.56 Å². The molecule has 168 valence electrons. The Bertz CT molecular complexity index is 1360. The highest BCUT2D eigenvalue weighted by Crippen LogP contribution is 2.31. The van der Waals surface area contributed by atoms with Gasteiger partial charge in [-0.3, -0.25) is 9.59 Å². The second-order valence-electron chi connectivity index (χ2n) is 7.27. The minimum absolute atomic E-state index is 0.0539. The summed E-state index contributed by atoms with van der Waals surface area (Å²) in [6.07, 6.45) is 1.53. The van der Waals surface area contributed by atoms with Gasteiger partial charge in [-0.05, 0) is 55.0 Å². The molecule has 0 aliphatic carbocycles. The molecule has 4 rings (SSSR count). The van der Waals surface area contributed by atoms with Crippen molar-refractivity contribution in [3.63, 3.8) is 0 Å². The normalized spacial score (nSPS) is 10.6. The molecule has 9 nitrogen and oxygen atoms in total. The zero-order chi connectivity index (χ0) is 23.4. The van der Waals surface area contributed by atoms with Gasteiger partial charge >= 0.3 is 0 Å². The first-order chi connectivity index (χ1) is 16.0. The Morgan fingerprint density at radius 3 is 2.64 bits per heavy atom. The number of methoxy groups -OCH3 is 2. The van der Waals surface area contributed by atoms with Crippen LogP contribution in [0.15, 0.2) is 70.1 Å². The standard InChI is InChI=1S/C24H22N4O5/c1-15-6-4-7-17(12-15)25-21(29)14-28-11-5-8-18(24(28)30)23-26-22(27-33-23)16-9-10-19(31-2)20(13-16)32-3/h4-13H,14H2,1-3H3,(H,25,29). The summed E-state index contributed by atoms with van der Waals surface area (Å²) in [5.41, 5.74) is 2.10. The molecule has 33 heavy (non-hydrogen) atoms. The molecule has 1 N–H and O–H groups in total. The number of ether oxygens (including phenoxy) is 2. The molecule has 0 bridgehead atoms. The highest BCUT2D eigenvalue weighted by molar-refractivity contribution is 5.90. The second-order valence-corrected chi connectivity index (χ2v) is 7.27. The number of anilines is 1. The van der Waals surface area contributed by atoms with E-state index in [4.69, 9.17) is 14.0 Å². The largest absolute Gasteiger partial charge is 0.493 e. The number of rotatable bonds is 7. The van der Waals surface area contributed by atoms with Crippen molar-refractivity contribution in [2.75, 3.05) is 19.5 Å². The zero-order valence-corrected chi connectivity index (χ0v) is 18.4. The van der Waals surface area contributed by atoms with Gasteiger partial charge in [0.15, 0.2) is 11.5 Å². The lowest BCUT2D eigenvalue weighted by molar-refractivity contribution is -0.116. The molecule has 0 aliphatic heterocycles. The lowest BCUT2D eigenvalue weighted by Gasteiger charge is -2.08. The smallest absolute Gasteiger partial charge is 0.263 e. The van der Waals surface area contributed by atoms with Gasteiger partial charge in [0.1, 0.15) is 12.1 Å². The Morgan fingerprint density at radius 1 is 1.06 bits per heavy atom. The molecule has 0 saturated carbocycles. The molecular weight excluding hydrogens is 424 g/mol. The van der Waals surface area contributed by atoms with Crippen LogP contribution in [0.2, 0.25) is 0 Å². The molecule has 0 unspecified atom stereocenters. The molecule has 2 aromatic carbocycles. The number of carbonyl (C=O) groups excluding carboxylic acids is 1. The number of benzene rings is 2. The van der Waals surface area contributed by atoms with Crippen LogP contribution in [0, 0.1) is 6.92 Å². The van der Waals surface area contributed by atoms with E-state index in [0.29, 0.717) is 22.7 Å². The van der Waals surface area contributed by atoms with Crippen LogP contribution in [0.4, 0.5) is 5.69 Å². The Hall–Kier alpha value is -4.40. The van der Waals surface area contributed by atoms with Crippen molar-refractivity contribution < 1.29 is 18.8 Å². The van der Waals surface area contributed by atoms with Gasteiger partial charge in [-0.25, -0.2) is 0 Å². The van der Waals surface area contributed by atoms with E-state index in [9.17, 15) is 9.59 Å². The van der Waals surface area contributed by atoms with Gasteiger partial charge in [-0.2, -0.15) is 4.98 Å². The quantitative estimate of drug-likeness (QED) is 0.463. The molecule has 0 radical (unpaired) electrons. The van der Waals surface area contributed by atoms with Crippen LogP contribution >= 0.6 is 0 Å². The molecule has 0 fully saturated rings. The van der Waals surface area contributed by atoms with Gasteiger partial charge in [-0.1, -0.05) is 17.3 Å². The van der Waals surface area contributed by atoms with E-state index in [0.717, 1.165) is 5.56 Å². The topological polar surface area (TPSA) is 108 Å². The van der Waals surface area contributed by atoms with Crippen molar-refractivity contribution in [2.45, 2.75) is 13.5 Å². The van der Waals surface area contributed by atoms with Gasteiger partial charge < -0.3 is 23.9 Å². The maximum Gasteiger partial charge on any atom is 0.263 e. The fourth-order valence-corrected chi connectivity index (χ4v) is 3.33. The van der Waals surface area contributed by atoms with Crippen molar-refractivity contribution in [1.82, 2.24) is 14.7 Å². The first-order valence-corrected chi connectivity index (χ1v) is 10.1. The summed E-state index contributed by atoms with van der Waals surface area (Å²) in [5, 5.41) is 6.77. The van der Waals surface area contributed by atoms with Gasteiger partial charge in [0.05, 0.1) is 14.2 Å². The Morgan fingerprint density at radius 2 is 1.88 bits per heavy atom. The molecule has 1 amide bonds. The summed E-state index contributed by atoms with van der Waals surface area (Å²) in [4.78, 5) is 29.8. The Labute approximate surface area is 189 Å². The summed E-state index contributed by atoms with van der Waals surface area (Å²) < 4.78 is 17.2. The van der Waals surface area contributed by atoms with Crippen molar-refractivity contribution in [3.05, 3.63) is 76.7 Å². The van der Waals surface area contributed by atoms with Crippen LogP contribution in [0.5, 0.6) is 11.5 Å². The van der Waals surface area contributed by atoms with Crippen LogP contribution in [-0.4, -0.2) is 34.8 Å². The van der Waals surface area contributed by atoms with Gasteiger partial charge in [0.25, 0.3) is 11.4 Å². The van der Waals surface area contributed by atoms with Gasteiger partial charge in [-0.15, -0.1) is 0 Å². The van der Waals surface area contributed by atoms with E-state index in [1.807, 2.05) is 25.1 Å². The lowest BCUT2D eigenvalue weighted by Crippen LogP contribution is -2.28. The Balaban J connectivity index is 1.56. The molecule has 4 aromatic rings. The number of nitrogens with zero attached hydrogens (tertiary/aromatic N) is 3. The second kappa shape index (κ2) is 9.39. The maximum atomic E-state index is 13.0. The van der Waals surface area contributed by atoms with Crippen molar-refractivity contribution >= 4 is 11.6 Å². The predicted molar refractivity (Wildman–Crippen MR) is 122 cm³/mol. The van der Waals surface area contributed by atoms with E-state index in [2.05, 4.69) is 15.5 Å². The fraction of sp³-hybridized carbons (Fsp3) is 0.167. The minimum atomic E-state index is -0.417.